The monoisotopic (exact) mass is 270 g/mol. The average Bonchev–Trinajstić information content (AvgIpc) is 2.87. The van der Waals surface area contributed by atoms with Crippen molar-refractivity contribution in [3.8, 4) is 0 Å². The summed E-state index contributed by atoms with van der Waals surface area (Å²) in [5, 5.41) is 0. The van der Waals surface area contributed by atoms with Crippen LogP contribution in [0.25, 0.3) is 0 Å². The third-order valence-electron chi connectivity index (χ3n) is 4.57. The Hall–Kier alpha value is -0.160. The molecule has 0 spiro atoms. The average molecular weight is 270 g/mol. The van der Waals surface area contributed by atoms with Gasteiger partial charge in [-0.1, -0.05) is 19.3 Å². The van der Waals surface area contributed by atoms with Crippen molar-refractivity contribution in [2.75, 3.05) is 19.8 Å². The van der Waals surface area contributed by atoms with Gasteiger partial charge in [0, 0.05) is 19.6 Å². The predicted octanol–water partition coefficient (Wildman–Crippen LogP) is 2.50. The molecule has 4 heteroatoms. The van der Waals surface area contributed by atoms with Crippen LogP contribution in [-0.4, -0.2) is 44.4 Å². The van der Waals surface area contributed by atoms with E-state index < -0.39 is 0 Å². The van der Waals surface area contributed by atoms with E-state index in [1.54, 1.807) is 0 Å². The van der Waals surface area contributed by atoms with Crippen molar-refractivity contribution in [3.05, 3.63) is 0 Å². The van der Waals surface area contributed by atoms with Crippen molar-refractivity contribution < 1.29 is 18.9 Å². The highest BCUT2D eigenvalue weighted by Crippen LogP contribution is 2.32. The number of fused-ring (bicyclic) bond motifs is 2. The summed E-state index contributed by atoms with van der Waals surface area (Å²) in [4.78, 5) is 0. The van der Waals surface area contributed by atoms with Gasteiger partial charge in [0.1, 0.15) is 12.2 Å². The SMILES string of the molecule is CCO[C@@H]1C[C@H](OCC2CCCCC2)[C@H]2CO[C@@H]1O2. The van der Waals surface area contributed by atoms with Gasteiger partial charge in [-0.05, 0) is 25.7 Å². The zero-order valence-electron chi connectivity index (χ0n) is 11.9. The Balaban J connectivity index is 1.49. The Morgan fingerprint density at radius 2 is 1.89 bits per heavy atom. The zero-order valence-corrected chi connectivity index (χ0v) is 11.9. The predicted molar refractivity (Wildman–Crippen MR) is 71.0 cm³/mol. The minimum absolute atomic E-state index is 0.0418. The van der Waals surface area contributed by atoms with E-state index in [1.807, 2.05) is 6.92 Å². The van der Waals surface area contributed by atoms with Crippen molar-refractivity contribution in [2.24, 2.45) is 5.92 Å². The fraction of sp³-hybridized carbons (Fsp3) is 1.00. The largest absolute Gasteiger partial charge is 0.375 e. The molecule has 4 nitrogen and oxygen atoms in total. The molecule has 2 heterocycles. The van der Waals surface area contributed by atoms with Crippen LogP contribution in [-0.2, 0) is 18.9 Å². The van der Waals surface area contributed by atoms with Crippen LogP contribution in [0, 0.1) is 5.92 Å². The molecule has 3 aliphatic rings. The molecule has 0 unspecified atom stereocenters. The van der Waals surface area contributed by atoms with Crippen LogP contribution in [0.2, 0.25) is 0 Å². The maximum absolute atomic E-state index is 6.14. The van der Waals surface area contributed by atoms with E-state index in [4.69, 9.17) is 18.9 Å². The molecule has 19 heavy (non-hydrogen) atoms. The Morgan fingerprint density at radius 1 is 1.05 bits per heavy atom. The molecule has 2 saturated heterocycles. The van der Waals surface area contributed by atoms with E-state index in [1.165, 1.54) is 32.1 Å². The van der Waals surface area contributed by atoms with E-state index in [0.29, 0.717) is 13.2 Å². The van der Waals surface area contributed by atoms with E-state index in [-0.39, 0.29) is 24.6 Å². The Kier molecular flexibility index (Phi) is 4.74. The molecule has 0 radical (unpaired) electrons. The highest BCUT2D eigenvalue weighted by molar-refractivity contribution is 4.88. The van der Waals surface area contributed by atoms with Crippen LogP contribution in [0.5, 0.6) is 0 Å². The number of ether oxygens (including phenoxy) is 4. The van der Waals surface area contributed by atoms with Crippen molar-refractivity contribution in [1.29, 1.82) is 0 Å². The van der Waals surface area contributed by atoms with Gasteiger partial charge in [0.15, 0.2) is 6.29 Å². The molecule has 110 valence electrons. The van der Waals surface area contributed by atoms with Crippen LogP contribution < -0.4 is 0 Å². The molecule has 1 aliphatic carbocycles. The minimum Gasteiger partial charge on any atom is -0.375 e. The molecule has 3 rings (SSSR count). The summed E-state index contributed by atoms with van der Waals surface area (Å²) >= 11 is 0. The van der Waals surface area contributed by atoms with Gasteiger partial charge < -0.3 is 18.9 Å². The van der Waals surface area contributed by atoms with Crippen LogP contribution >= 0.6 is 0 Å². The Labute approximate surface area is 115 Å². The van der Waals surface area contributed by atoms with Gasteiger partial charge in [-0.15, -0.1) is 0 Å². The molecular formula is C15H26O4. The van der Waals surface area contributed by atoms with Gasteiger partial charge >= 0.3 is 0 Å². The summed E-state index contributed by atoms with van der Waals surface area (Å²) in [7, 11) is 0. The minimum atomic E-state index is -0.167. The first-order valence-corrected chi connectivity index (χ1v) is 7.87. The first-order chi connectivity index (χ1) is 9.36. The molecule has 0 amide bonds. The fourth-order valence-electron chi connectivity index (χ4n) is 3.47. The third-order valence-corrected chi connectivity index (χ3v) is 4.57. The third kappa shape index (κ3) is 3.30. The van der Waals surface area contributed by atoms with E-state index in [0.717, 1.165) is 18.9 Å². The van der Waals surface area contributed by atoms with Crippen molar-refractivity contribution in [1.82, 2.24) is 0 Å². The lowest BCUT2D eigenvalue weighted by atomic mass is 9.90. The molecule has 0 aromatic rings. The van der Waals surface area contributed by atoms with Crippen LogP contribution in [0.1, 0.15) is 45.4 Å². The molecule has 0 aromatic heterocycles. The number of hydrogen-bond donors (Lipinski definition) is 0. The second kappa shape index (κ2) is 6.53. The van der Waals surface area contributed by atoms with Crippen LogP contribution in [0.4, 0.5) is 0 Å². The standard InChI is InChI=1S/C15H26O4/c1-2-16-13-8-12(14-10-18-15(13)19-14)17-9-11-6-4-3-5-7-11/h11-15H,2-10H2,1H3/t12-,13+,14+,15+/m0/s1. The molecule has 4 atom stereocenters. The maximum atomic E-state index is 6.14. The smallest absolute Gasteiger partial charge is 0.184 e. The van der Waals surface area contributed by atoms with Gasteiger partial charge in [-0.3, -0.25) is 0 Å². The van der Waals surface area contributed by atoms with E-state index in [2.05, 4.69) is 0 Å². The van der Waals surface area contributed by atoms with Gasteiger partial charge in [0.05, 0.1) is 12.7 Å². The Bertz CT molecular complexity index is 277. The molecule has 0 aromatic carbocycles. The van der Waals surface area contributed by atoms with Gasteiger partial charge in [-0.25, -0.2) is 0 Å². The summed E-state index contributed by atoms with van der Waals surface area (Å²) < 4.78 is 23.3. The molecule has 2 bridgehead atoms. The maximum Gasteiger partial charge on any atom is 0.184 e. The molecule has 0 N–H and O–H groups in total. The highest BCUT2D eigenvalue weighted by Gasteiger charge is 2.45. The second-order valence-corrected chi connectivity index (χ2v) is 5.98. The number of rotatable bonds is 5. The van der Waals surface area contributed by atoms with Gasteiger partial charge in [0.25, 0.3) is 0 Å². The molecule has 3 fully saturated rings. The van der Waals surface area contributed by atoms with Gasteiger partial charge in [-0.2, -0.15) is 0 Å². The first-order valence-electron chi connectivity index (χ1n) is 7.87. The quantitative estimate of drug-likeness (QED) is 0.769. The van der Waals surface area contributed by atoms with E-state index in [9.17, 15) is 0 Å². The van der Waals surface area contributed by atoms with Crippen molar-refractivity contribution >= 4 is 0 Å². The lowest BCUT2D eigenvalue weighted by Crippen LogP contribution is -2.45. The van der Waals surface area contributed by atoms with Crippen LogP contribution in [0.3, 0.4) is 0 Å². The normalized spacial score (nSPS) is 39.6. The Morgan fingerprint density at radius 3 is 2.68 bits per heavy atom. The van der Waals surface area contributed by atoms with Crippen molar-refractivity contribution in [3.63, 3.8) is 0 Å². The molecule has 2 aliphatic heterocycles. The lowest BCUT2D eigenvalue weighted by molar-refractivity contribution is -0.206. The summed E-state index contributed by atoms with van der Waals surface area (Å²) in [5.41, 5.74) is 0. The molecular weight excluding hydrogens is 244 g/mol. The lowest BCUT2D eigenvalue weighted by Gasteiger charge is -2.34. The second-order valence-electron chi connectivity index (χ2n) is 5.98. The zero-order chi connectivity index (χ0) is 13.1. The van der Waals surface area contributed by atoms with Gasteiger partial charge in [0.2, 0.25) is 0 Å². The highest BCUT2D eigenvalue weighted by atomic mass is 16.8. The summed E-state index contributed by atoms with van der Waals surface area (Å²) in [6.45, 7) is 4.25. The van der Waals surface area contributed by atoms with E-state index >= 15 is 0 Å². The first kappa shape index (κ1) is 13.8. The summed E-state index contributed by atoms with van der Waals surface area (Å²) in [5.74, 6) is 0.749. The van der Waals surface area contributed by atoms with Crippen LogP contribution in [0.15, 0.2) is 0 Å². The molecule has 1 saturated carbocycles. The van der Waals surface area contributed by atoms with Crippen molar-refractivity contribution in [2.45, 2.75) is 70.1 Å². The topological polar surface area (TPSA) is 36.9 Å². The summed E-state index contributed by atoms with van der Waals surface area (Å²) in [6, 6.07) is 0. The fourth-order valence-corrected chi connectivity index (χ4v) is 3.47. The summed E-state index contributed by atoms with van der Waals surface area (Å²) in [6.07, 6.45) is 7.83. The number of hydrogen-bond acceptors (Lipinski definition) is 4.